The number of hydrogen-bond acceptors (Lipinski definition) is 3. The summed E-state index contributed by atoms with van der Waals surface area (Å²) in [6.07, 6.45) is 3.43. The minimum absolute atomic E-state index is 0.0407. The van der Waals surface area contributed by atoms with Gasteiger partial charge in [-0.3, -0.25) is 4.79 Å². The molecule has 1 aromatic rings. The lowest BCUT2D eigenvalue weighted by Gasteiger charge is -2.28. The number of halogens is 1. The predicted octanol–water partition coefficient (Wildman–Crippen LogP) is 2.31. The summed E-state index contributed by atoms with van der Waals surface area (Å²) in [5, 5.41) is 16.0. The monoisotopic (exact) mass is 282 g/mol. The second-order valence-electron chi connectivity index (χ2n) is 5.07. The summed E-state index contributed by atoms with van der Waals surface area (Å²) in [5.41, 5.74) is 0.311. The second kappa shape index (κ2) is 6.26. The highest BCUT2D eigenvalue weighted by Crippen LogP contribution is 2.21. The third kappa shape index (κ3) is 3.85. The number of carbonyl (C=O) groups is 1. The van der Waals surface area contributed by atoms with Crippen LogP contribution in [0.3, 0.4) is 0 Å². The molecule has 1 aromatic carbocycles. The van der Waals surface area contributed by atoms with E-state index in [2.05, 4.69) is 17.6 Å². The Kier molecular flexibility index (Phi) is 4.66. The Bertz CT molecular complexity index is 465. The highest BCUT2D eigenvalue weighted by atomic mass is 35.5. The van der Waals surface area contributed by atoms with Crippen LogP contribution in [0.4, 0.5) is 0 Å². The van der Waals surface area contributed by atoms with Crippen molar-refractivity contribution in [2.75, 3.05) is 6.54 Å². The van der Waals surface area contributed by atoms with Gasteiger partial charge < -0.3 is 15.7 Å². The van der Waals surface area contributed by atoms with E-state index in [0.29, 0.717) is 29.2 Å². The number of phenolic OH excluding ortho intramolecular Hbond substituents is 1. The van der Waals surface area contributed by atoms with Gasteiger partial charge >= 0.3 is 0 Å². The molecular weight excluding hydrogens is 264 g/mol. The number of aromatic hydroxyl groups is 1. The van der Waals surface area contributed by atoms with Crippen molar-refractivity contribution < 1.29 is 9.90 Å². The molecule has 0 aromatic heterocycles. The topological polar surface area (TPSA) is 61.4 Å². The van der Waals surface area contributed by atoms with Gasteiger partial charge in [-0.25, -0.2) is 0 Å². The van der Waals surface area contributed by atoms with Crippen molar-refractivity contribution in [1.82, 2.24) is 10.6 Å². The van der Waals surface area contributed by atoms with E-state index < -0.39 is 0 Å². The van der Waals surface area contributed by atoms with Gasteiger partial charge in [0, 0.05) is 18.6 Å². The number of rotatable bonds is 3. The Morgan fingerprint density at radius 2 is 2.32 bits per heavy atom. The summed E-state index contributed by atoms with van der Waals surface area (Å²) in [6, 6.07) is 5.17. The second-order valence-corrected chi connectivity index (χ2v) is 5.48. The molecule has 5 heteroatoms. The van der Waals surface area contributed by atoms with Gasteiger partial charge in [0.05, 0.1) is 10.6 Å². The van der Waals surface area contributed by atoms with Crippen LogP contribution in [0.15, 0.2) is 18.2 Å². The number of hydrogen-bond donors (Lipinski definition) is 3. The highest BCUT2D eigenvalue weighted by Gasteiger charge is 2.19. The minimum Gasteiger partial charge on any atom is -0.508 e. The van der Waals surface area contributed by atoms with Gasteiger partial charge in [-0.15, -0.1) is 0 Å². The number of nitrogens with one attached hydrogen (secondary N) is 2. The highest BCUT2D eigenvalue weighted by molar-refractivity contribution is 6.33. The number of carbonyl (C=O) groups excluding carboxylic acids is 1. The van der Waals surface area contributed by atoms with Crippen molar-refractivity contribution in [3.63, 3.8) is 0 Å². The van der Waals surface area contributed by atoms with Crippen LogP contribution < -0.4 is 10.6 Å². The van der Waals surface area contributed by atoms with Crippen LogP contribution in [0.1, 0.15) is 36.5 Å². The zero-order valence-electron chi connectivity index (χ0n) is 10.9. The van der Waals surface area contributed by atoms with Crippen LogP contribution in [0.2, 0.25) is 5.02 Å². The fourth-order valence-electron chi connectivity index (χ4n) is 2.40. The lowest BCUT2D eigenvalue weighted by atomic mass is 9.99. The van der Waals surface area contributed by atoms with Crippen molar-refractivity contribution in [1.29, 1.82) is 0 Å². The van der Waals surface area contributed by atoms with E-state index in [-0.39, 0.29) is 11.7 Å². The molecule has 1 heterocycles. The van der Waals surface area contributed by atoms with Crippen LogP contribution >= 0.6 is 11.6 Å². The minimum atomic E-state index is -0.249. The summed E-state index contributed by atoms with van der Waals surface area (Å²) in [7, 11) is 0. The van der Waals surface area contributed by atoms with Crippen molar-refractivity contribution in [3.05, 3.63) is 28.8 Å². The van der Waals surface area contributed by atoms with Gasteiger partial charge in [-0.2, -0.15) is 0 Å². The summed E-state index contributed by atoms with van der Waals surface area (Å²) in [5.74, 6) is -0.208. The molecule has 2 rings (SSSR count). The number of phenols is 1. The number of piperidine rings is 1. The molecule has 1 saturated heterocycles. The van der Waals surface area contributed by atoms with Crippen molar-refractivity contribution in [2.45, 2.75) is 38.3 Å². The molecule has 0 bridgehead atoms. The predicted molar refractivity (Wildman–Crippen MR) is 75.7 cm³/mol. The zero-order chi connectivity index (χ0) is 13.8. The first-order valence-electron chi connectivity index (χ1n) is 6.59. The SMILES string of the molecule is CC1CCCC(CNC(=O)c2cc(O)ccc2Cl)N1. The Morgan fingerprint density at radius 1 is 1.53 bits per heavy atom. The summed E-state index contributed by atoms with van der Waals surface area (Å²) in [4.78, 5) is 12.0. The Labute approximate surface area is 118 Å². The van der Waals surface area contributed by atoms with Gasteiger partial charge in [0.2, 0.25) is 0 Å². The number of benzene rings is 1. The van der Waals surface area contributed by atoms with Gasteiger partial charge in [-0.1, -0.05) is 18.0 Å². The third-order valence-electron chi connectivity index (χ3n) is 3.41. The molecule has 1 amide bonds. The molecule has 0 aliphatic carbocycles. The molecule has 4 nitrogen and oxygen atoms in total. The molecule has 2 unspecified atom stereocenters. The maximum absolute atomic E-state index is 12.0. The molecule has 1 fully saturated rings. The number of amides is 1. The molecule has 1 aliphatic rings. The quantitative estimate of drug-likeness (QED) is 0.797. The smallest absolute Gasteiger partial charge is 0.252 e. The van der Waals surface area contributed by atoms with Crippen LogP contribution in [0, 0.1) is 0 Å². The Balaban J connectivity index is 1.92. The first kappa shape index (κ1) is 14.2. The molecule has 3 N–H and O–H groups in total. The van der Waals surface area contributed by atoms with E-state index in [1.165, 1.54) is 31.0 Å². The molecule has 19 heavy (non-hydrogen) atoms. The lowest BCUT2D eigenvalue weighted by molar-refractivity contribution is 0.0946. The summed E-state index contributed by atoms with van der Waals surface area (Å²) >= 11 is 5.95. The average Bonchev–Trinajstić information content (AvgIpc) is 2.39. The Morgan fingerprint density at radius 3 is 3.05 bits per heavy atom. The van der Waals surface area contributed by atoms with E-state index >= 15 is 0 Å². The van der Waals surface area contributed by atoms with Crippen LogP contribution in [0.5, 0.6) is 5.75 Å². The van der Waals surface area contributed by atoms with Gasteiger partial charge in [0.1, 0.15) is 5.75 Å². The Hall–Kier alpha value is -1.26. The lowest BCUT2D eigenvalue weighted by Crippen LogP contribution is -2.47. The first-order valence-corrected chi connectivity index (χ1v) is 6.97. The molecular formula is C14H19ClN2O2. The van der Waals surface area contributed by atoms with Crippen LogP contribution in [0.25, 0.3) is 0 Å². The van der Waals surface area contributed by atoms with Crippen molar-refractivity contribution in [3.8, 4) is 5.75 Å². The van der Waals surface area contributed by atoms with Crippen molar-refractivity contribution in [2.24, 2.45) is 0 Å². The molecule has 104 valence electrons. The third-order valence-corrected chi connectivity index (χ3v) is 3.74. The van der Waals surface area contributed by atoms with Gasteiger partial charge in [0.15, 0.2) is 0 Å². The summed E-state index contributed by atoms with van der Waals surface area (Å²) in [6.45, 7) is 2.73. The van der Waals surface area contributed by atoms with E-state index in [9.17, 15) is 9.90 Å². The van der Waals surface area contributed by atoms with Gasteiger partial charge in [0.25, 0.3) is 5.91 Å². The normalized spacial score (nSPS) is 23.1. The fourth-order valence-corrected chi connectivity index (χ4v) is 2.60. The molecule has 0 radical (unpaired) electrons. The first-order chi connectivity index (χ1) is 9.06. The van der Waals surface area contributed by atoms with Gasteiger partial charge in [-0.05, 0) is 38.0 Å². The van der Waals surface area contributed by atoms with E-state index in [1.54, 1.807) is 0 Å². The average molecular weight is 283 g/mol. The van der Waals surface area contributed by atoms with Crippen molar-refractivity contribution >= 4 is 17.5 Å². The van der Waals surface area contributed by atoms with E-state index in [1.807, 2.05) is 0 Å². The zero-order valence-corrected chi connectivity index (χ0v) is 11.7. The van der Waals surface area contributed by atoms with E-state index in [0.717, 1.165) is 6.42 Å². The standard InChI is InChI=1S/C14H19ClN2O2/c1-9-3-2-4-10(17-9)8-16-14(19)12-7-11(18)5-6-13(12)15/h5-7,9-10,17-18H,2-4,8H2,1H3,(H,16,19). The maximum Gasteiger partial charge on any atom is 0.252 e. The fraction of sp³-hybridized carbons (Fsp3) is 0.500. The maximum atomic E-state index is 12.0. The largest absolute Gasteiger partial charge is 0.508 e. The van der Waals surface area contributed by atoms with Crippen LogP contribution in [-0.4, -0.2) is 29.6 Å². The van der Waals surface area contributed by atoms with Crippen LogP contribution in [-0.2, 0) is 0 Å². The summed E-state index contributed by atoms with van der Waals surface area (Å²) < 4.78 is 0. The molecule has 2 atom stereocenters. The molecule has 0 spiro atoms. The molecule has 0 saturated carbocycles. The van der Waals surface area contributed by atoms with E-state index in [4.69, 9.17) is 11.6 Å². The molecule has 1 aliphatic heterocycles.